The summed E-state index contributed by atoms with van der Waals surface area (Å²) >= 11 is 1.29. The second-order valence-corrected chi connectivity index (χ2v) is 13.7. The lowest BCUT2D eigenvalue weighted by Crippen LogP contribution is -2.27. The van der Waals surface area contributed by atoms with Gasteiger partial charge in [-0.2, -0.15) is 0 Å². The molecule has 0 amide bonds. The number of hydrogen-bond donors (Lipinski definition) is 2. The molecular weight excluding hydrogens is 518 g/mol. The number of nitrogens with two attached hydrogens (primary N) is 1. The molecule has 38 heavy (non-hydrogen) atoms. The predicted octanol–water partition coefficient (Wildman–Crippen LogP) is 5.47. The number of nitrogen functional groups attached to an aromatic ring is 1. The van der Waals surface area contributed by atoms with Gasteiger partial charge in [0.05, 0.1) is 10.6 Å². The van der Waals surface area contributed by atoms with Crippen LogP contribution in [-0.4, -0.2) is 29.2 Å². The number of sulfonamides is 1. The fourth-order valence-corrected chi connectivity index (χ4v) is 6.97. The Morgan fingerprint density at radius 3 is 2.34 bits per heavy atom. The van der Waals surface area contributed by atoms with E-state index in [9.17, 15) is 13.2 Å². The van der Waals surface area contributed by atoms with Gasteiger partial charge in [-0.3, -0.25) is 4.79 Å². The van der Waals surface area contributed by atoms with Crippen LogP contribution in [0.2, 0.25) is 0 Å². The number of pyridine rings is 1. The van der Waals surface area contributed by atoms with E-state index in [1.165, 1.54) is 41.2 Å². The maximum absolute atomic E-state index is 13.4. The number of ketones is 1. The van der Waals surface area contributed by atoms with Crippen molar-refractivity contribution >= 4 is 49.0 Å². The van der Waals surface area contributed by atoms with Crippen molar-refractivity contribution in [1.29, 1.82) is 0 Å². The van der Waals surface area contributed by atoms with Gasteiger partial charge in [0.25, 0.3) is 10.0 Å². The second-order valence-electron chi connectivity index (χ2n) is 11.0. The highest BCUT2D eigenvalue weighted by Gasteiger charge is 2.30. The Kier molecular flexibility index (Phi) is 6.51. The van der Waals surface area contributed by atoms with Crippen molar-refractivity contribution in [2.75, 3.05) is 10.5 Å². The van der Waals surface area contributed by atoms with E-state index in [1.807, 2.05) is 0 Å². The number of nitrogens with one attached hydrogen (secondary N) is 1. The predicted molar refractivity (Wildman–Crippen MR) is 151 cm³/mol. The lowest BCUT2D eigenvalue weighted by atomic mass is 9.71. The molecule has 4 aromatic rings. The number of benzene rings is 1. The molecule has 0 spiro atoms. The number of fused-ring (bicyclic) bond motifs is 2. The van der Waals surface area contributed by atoms with E-state index in [-0.39, 0.29) is 22.0 Å². The molecule has 0 fully saturated rings. The molecule has 5 rings (SSSR count). The number of nitrogens with zero attached hydrogens (tertiary/aromatic N) is 3. The van der Waals surface area contributed by atoms with E-state index < -0.39 is 10.0 Å². The number of rotatable bonds is 5. The van der Waals surface area contributed by atoms with E-state index in [1.54, 1.807) is 19.9 Å². The maximum atomic E-state index is 13.4. The summed E-state index contributed by atoms with van der Waals surface area (Å²) in [5.74, 6) is 0.316. The molecule has 1 aromatic carbocycles. The van der Waals surface area contributed by atoms with Crippen LogP contribution in [0.3, 0.4) is 0 Å². The van der Waals surface area contributed by atoms with E-state index >= 15 is 0 Å². The summed E-state index contributed by atoms with van der Waals surface area (Å²) in [5.41, 5.74) is 11.1. The van der Waals surface area contributed by atoms with Crippen molar-refractivity contribution in [2.45, 2.75) is 58.8 Å². The Bertz CT molecular complexity index is 1650. The summed E-state index contributed by atoms with van der Waals surface area (Å²) in [6, 6.07) is 9.64. The quantitative estimate of drug-likeness (QED) is 0.316. The van der Waals surface area contributed by atoms with E-state index in [0.717, 1.165) is 35.2 Å². The van der Waals surface area contributed by atoms with Crippen molar-refractivity contribution < 1.29 is 13.2 Å². The maximum Gasteiger partial charge on any atom is 0.264 e. The third kappa shape index (κ3) is 5.02. The fourth-order valence-electron chi connectivity index (χ4n) is 4.97. The van der Waals surface area contributed by atoms with Gasteiger partial charge < -0.3 is 5.73 Å². The Balaban J connectivity index is 1.40. The smallest absolute Gasteiger partial charge is 0.264 e. The molecule has 8 nitrogen and oxygen atoms in total. The number of aromatic nitrogens is 3. The molecule has 1 aliphatic carbocycles. The Morgan fingerprint density at radius 1 is 1.05 bits per heavy atom. The van der Waals surface area contributed by atoms with E-state index in [0.29, 0.717) is 33.4 Å². The van der Waals surface area contributed by atoms with Crippen LogP contribution in [0.15, 0.2) is 41.3 Å². The molecule has 1 aliphatic rings. The highest BCUT2D eigenvalue weighted by Crippen LogP contribution is 2.41. The van der Waals surface area contributed by atoms with Gasteiger partial charge >= 0.3 is 0 Å². The minimum Gasteiger partial charge on any atom is -0.397 e. The second kappa shape index (κ2) is 9.43. The fraction of sp³-hybridized carbons (Fsp3) is 0.357. The number of carbonyl (C=O) groups excluding carboxylic acids is 1. The minimum absolute atomic E-state index is 0.00358. The Hall–Kier alpha value is -3.37. The summed E-state index contributed by atoms with van der Waals surface area (Å²) < 4.78 is 28.1. The zero-order valence-corrected chi connectivity index (χ0v) is 23.8. The van der Waals surface area contributed by atoms with Crippen LogP contribution in [0.25, 0.3) is 10.2 Å². The third-order valence-corrected chi connectivity index (χ3v) is 9.61. The minimum atomic E-state index is -3.93. The molecule has 0 aliphatic heterocycles. The SMILES string of the molecule is Cc1cc(C)nc(NS(=O)(=O)c2ccc(C(=O)c3sc4nc5c(cc4c3N)CC(C(C)(C)C)CC5)cc2)n1. The summed E-state index contributed by atoms with van der Waals surface area (Å²) in [5, 5.41) is 0.809. The molecule has 0 radical (unpaired) electrons. The van der Waals surface area contributed by atoms with Crippen molar-refractivity contribution in [1.82, 2.24) is 15.0 Å². The average Bonchev–Trinajstić information content (AvgIpc) is 3.15. The van der Waals surface area contributed by atoms with Gasteiger partial charge in [0.1, 0.15) is 9.71 Å². The molecule has 0 bridgehead atoms. The molecular formula is C28H31N5O3S2. The van der Waals surface area contributed by atoms with Gasteiger partial charge in [-0.1, -0.05) is 20.8 Å². The van der Waals surface area contributed by atoms with Crippen LogP contribution < -0.4 is 10.5 Å². The van der Waals surface area contributed by atoms with Crippen LogP contribution >= 0.6 is 11.3 Å². The lowest BCUT2D eigenvalue weighted by Gasteiger charge is -2.34. The molecule has 3 aromatic heterocycles. The van der Waals surface area contributed by atoms with Crippen LogP contribution in [-0.2, 0) is 22.9 Å². The van der Waals surface area contributed by atoms with Gasteiger partial charge in [0, 0.05) is 28.0 Å². The van der Waals surface area contributed by atoms with Gasteiger partial charge in [0.15, 0.2) is 0 Å². The largest absolute Gasteiger partial charge is 0.397 e. The number of hydrogen-bond acceptors (Lipinski definition) is 8. The first-order valence-corrected chi connectivity index (χ1v) is 14.8. The molecule has 1 atom stereocenters. The number of anilines is 2. The lowest BCUT2D eigenvalue weighted by molar-refractivity contribution is 0.104. The average molecular weight is 550 g/mol. The Morgan fingerprint density at radius 2 is 1.71 bits per heavy atom. The van der Waals surface area contributed by atoms with Crippen molar-refractivity contribution in [3.8, 4) is 0 Å². The molecule has 10 heteroatoms. The van der Waals surface area contributed by atoms with Crippen LogP contribution in [0, 0.1) is 25.2 Å². The first-order valence-electron chi connectivity index (χ1n) is 12.5. The highest BCUT2D eigenvalue weighted by molar-refractivity contribution is 7.92. The van der Waals surface area contributed by atoms with Crippen LogP contribution in [0.5, 0.6) is 0 Å². The summed E-state index contributed by atoms with van der Waals surface area (Å²) in [6.07, 6.45) is 2.98. The standard InChI is InChI=1S/C28H31N5O3S2/c1-15-12-16(2)31-27(30-15)33-38(35,36)20-9-6-17(7-10-20)24(34)25-23(29)21-14-18-13-19(28(3,4)5)8-11-22(18)32-26(21)37-25/h6-7,9-10,12,14,19H,8,11,13,29H2,1-5H3,(H,30,31,33). The Labute approximate surface area is 226 Å². The molecule has 3 N–H and O–H groups in total. The molecule has 1 unspecified atom stereocenters. The molecule has 0 saturated carbocycles. The van der Waals surface area contributed by atoms with E-state index in [2.05, 4.69) is 41.5 Å². The summed E-state index contributed by atoms with van der Waals surface area (Å²) in [4.78, 5) is 27.7. The molecule has 198 valence electrons. The van der Waals surface area contributed by atoms with Crippen molar-refractivity contribution in [3.63, 3.8) is 0 Å². The first kappa shape index (κ1) is 26.2. The summed E-state index contributed by atoms with van der Waals surface area (Å²) in [6.45, 7) is 10.3. The zero-order chi connectivity index (χ0) is 27.4. The monoisotopic (exact) mass is 549 g/mol. The van der Waals surface area contributed by atoms with Gasteiger partial charge in [-0.15, -0.1) is 11.3 Å². The number of thiophene rings is 1. The van der Waals surface area contributed by atoms with Gasteiger partial charge in [-0.05, 0) is 86.4 Å². The topological polar surface area (TPSA) is 128 Å². The molecule has 3 heterocycles. The first-order chi connectivity index (χ1) is 17.8. The van der Waals surface area contributed by atoms with Crippen molar-refractivity contribution in [2.24, 2.45) is 11.3 Å². The van der Waals surface area contributed by atoms with Gasteiger partial charge in [-0.25, -0.2) is 28.1 Å². The third-order valence-electron chi connectivity index (χ3n) is 7.15. The van der Waals surface area contributed by atoms with Crippen LogP contribution in [0.1, 0.15) is 65.1 Å². The summed E-state index contributed by atoms with van der Waals surface area (Å²) in [7, 11) is -3.93. The number of aryl methyl sites for hydroxylation is 3. The molecule has 0 saturated heterocycles. The highest BCUT2D eigenvalue weighted by atomic mass is 32.2. The normalized spacial score (nSPS) is 15.9. The zero-order valence-electron chi connectivity index (χ0n) is 22.1. The number of carbonyl (C=O) groups is 1. The van der Waals surface area contributed by atoms with Gasteiger partial charge in [0.2, 0.25) is 11.7 Å². The van der Waals surface area contributed by atoms with E-state index in [4.69, 9.17) is 10.7 Å². The van der Waals surface area contributed by atoms with Crippen molar-refractivity contribution in [3.05, 3.63) is 69.5 Å². The van der Waals surface area contributed by atoms with Crippen LogP contribution in [0.4, 0.5) is 11.6 Å².